The number of aliphatic hydroxyl groups is 1. The van der Waals surface area contributed by atoms with Gasteiger partial charge in [0.1, 0.15) is 0 Å². The predicted octanol–water partition coefficient (Wildman–Crippen LogP) is 0.960. The lowest BCUT2D eigenvalue weighted by Gasteiger charge is -2.15. The summed E-state index contributed by atoms with van der Waals surface area (Å²) in [6.07, 6.45) is 3.75. The van der Waals surface area contributed by atoms with Crippen LogP contribution in [-0.4, -0.2) is 39.1 Å². The summed E-state index contributed by atoms with van der Waals surface area (Å²) in [7, 11) is 0. The monoisotopic (exact) mass is 279 g/mol. The highest BCUT2D eigenvalue weighted by atomic mass is 32.1. The fraction of sp³-hybridized carbons (Fsp3) is 0.538. The zero-order valence-electron chi connectivity index (χ0n) is 10.7. The van der Waals surface area contributed by atoms with Crippen LogP contribution in [0.2, 0.25) is 0 Å². The zero-order valence-corrected chi connectivity index (χ0v) is 11.5. The van der Waals surface area contributed by atoms with Crippen LogP contribution in [0.5, 0.6) is 0 Å². The van der Waals surface area contributed by atoms with E-state index in [4.69, 9.17) is 5.11 Å². The Kier molecular flexibility index (Phi) is 3.63. The van der Waals surface area contributed by atoms with E-state index < -0.39 is 0 Å². The molecule has 0 amide bonds. The third-order valence-corrected chi connectivity index (χ3v) is 4.41. The largest absolute Gasteiger partial charge is 0.396 e. The number of hydrogen-bond acceptors (Lipinski definition) is 5. The molecule has 1 atom stereocenters. The van der Waals surface area contributed by atoms with Gasteiger partial charge in [0.05, 0.1) is 5.69 Å². The van der Waals surface area contributed by atoms with Crippen LogP contribution in [0, 0.1) is 5.92 Å². The van der Waals surface area contributed by atoms with Gasteiger partial charge in [-0.3, -0.25) is 14.1 Å². The number of aliphatic hydroxyl groups excluding tert-OH is 1. The molecule has 1 unspecified atom stereocenters. The van der Waals surface area contributed by atoms with E-state index in [1.807, 2.05) is 5.38 Å². The van der Waals surface area contributed by atoms with Crippen LogP contribution in [-0.2, 0) is 6.54 Å². The smallest absolute Gasteiger partial charge is 0.258 e. The number of likely N-dealkylation sites (tertiary alicyclic amines) is 1. The van der Waals surface area contributed by atoms with Gasteiger partial charge < -0.3 is 5.11 Å². The molecule has 2 aromatic rings. The first-order chi connectivity index (χ1) is 9.26. The Labute approximate surface area is 115 Å². The Balaban J connectivity index is 1.73. The van der Waals surface area contributed by atoms with Crippen molar-refractivity contribution >= 4 is 16.3 Å². The average Bonchev–Trinajstić information content (AvgIpc) is 2.99. The normalized spacial score (nSPS) is 20.4. The summed E-state index contributed by atoms with van der Waals surface area (Å²) in [5, 5.41) is 10.8. The molecule has 19 heavy (non-hydrogen) atoms. The first-order valence-electron chi connectivity index (χ1n) is 6.55. The molecule has 0 spiro atoms. The lowest BCUT2D eigenvalue weighted by molar-refractivity contribution is 0.249. The van der Waals surface area contributed by atoms with Crippen LogP contribution in [0.15, 0.2) is 22.4 Å². The lowest BCUT2D eigenvalue weighted by atomic mass is 10.1. The summed E-state index contributed by atoms with van der Waals surface area (Å²) in [5.74, 6) is 0.580. The number of rotatable bonds is 4. The van der Waals surface area contributed by atoms with Crippen molar-refractivity contribution in [3.05, 3.63) is 33.7 Å². The highest BCUT2D eigenvalue weighted by Crippen LogP contribution is 2.20. The molecule has 3 rings (SSSR count). The Morgan fingerprint density at radius 2 is 2.42 bits per heavy atom. The van der Waals surface area contributed by atoms with Gasteiger partial charge in [0.2, 0.25) is 0 Å². The van der Waals surface area contributed by atoms with Crippen LogP contribution >= 0.6 is 11.3 Å². The van der Waals surface area contributed by atoms with Gasteiger partial charge in [-0.2, -0.15) is 0 Å². The number of nitrogens with zero attached hydrogens (tertiary/aromatic N) is 3. The summed E-state index contributed by atoms with van der Waals surface area (Å²) in [4.78, 5) is 19.5. The molecule has 102 valence electrons. The molecule has 0 radical (unpaired) electrons. The Morgan fingerprint density at radius 1 is 1.53 bits per heavy atom. The minimum Gasteiger partial charge on any atom is -0.396 e. The Morgan fingerprint density at radius 3 is 3.26 bits per heavy atom. The van der Waals surface area contributed by atoms with Crippen LogP contribution in [0.3, 0.4) is 0 Å². The van der Waals surface area contributed by atoms with Gasteiger partial charge in [0, 0.05) is 37.3 Å². The molecule has 1 fully saturated rings. The highest BCUT2D eigenvalue weighted by molar-refractivity contribution is 7.15. The number of hydrogen-bond donors (Lipinski definition) is 1. The summed E-state index contributed by atoms with van der Waals surface area (Å²) in [5.41, 5.74) is 0.837. The van der Waals surface area contributed by atoms with E-state index in [-0.39, 0.29) is 12.2 Å². The van der Waals surface area contributed by atoms with Gasteiger partial charge >= 0.3 is 0 Å². The first-order valence-corrected chi connectivity index (χ1v) is 7.43. The van der Waals surface area contributed by atoms with E-state index >= 15 is 0 Å². The van der Waals surface area contributed by atoms with E-state index in [0.717, 1.165) is 43.1 Å². The van der Waals surface area contributed by atoms with E-state index in [2.05, 4.69) is 9.88 Å². The van der Waals surface area contributed by atoms with Crippen LogP contribution in [0.25, 0.3) is 4.96 Å². The third kappa shape index (κ3) is 2.70. The molecular weight excluding hydrogens is 262 g/mol. The molecule has 0 bridgehead atoms. The quantitative estimate of drug-likeness (QED) is 0.905. The van der Waals surface area contributed by atoms with E-state index in [1.165, 1.54) is 11.3 Å². The Hall–Kier alpha value is -1.24. The topological polar surface area (TPSA) is 57.8 Å². The third-order valence-electron chi connectivity index (χ3n) is 3.65. The van der Waals surface area contributed by atoms with E-state index in [9.17, 15) is 4.79 Å². The Bertz CT molecular complexity index is 622. The molecule has 0 aromatic carbocycles. The molecule has 0 aliphatic carbocycles. The first kappa shape index (κ1) is 12.8. The molecule has 0 saturated carbocycles. The average molecular weight is 279 g/mol. The molecule has 3 heterocycles. The number of aromatic nitrogens is 2. The standard InChI is InChI=1S/C13H17N3O2S/c17-5-2-10-1-3-15(8-10)9-11-7-12(18)16-4-6-19-13(16)14-11/h4,6-7,10,17H,1-3,5,8-9H2. The van der Waals surface area contributed by atoms with Crippen molar-refractivity contribution in [3.8, 4) is 0 Å². The van der Waals surface area contributed by atoms with Crippen molar-refractivity contribution in [3.63, 3.8) is 0 Å². The molecule has 6 heteroatoms. The van der Waals surface area contributed by atoms with Gasteiger partial charge in [-0.1, -0.05) is 0 Å². The highest BCUT2D eigenvalue weighted by Gasteiger charge is 2.22. The van der Waals surface area contributed by atoms with Gasteiger partial charge in [0.25, 0.3) is 5.56 Å². The van der Waals surface area contributed by atoms with Crippen molar-refractivity contribution in [2.75, 3.05) is 19.7 Å². The summed E-state index contributed by atoms with van der Waals surface area (Å²) in [6, 6.07) is 1.62. The maximum Gasteiger partial charge on any atom is 0.258 e. The summed E-state index contributed by atoms with van der Waals surface area (Å²) < 4.78 is 1.58. The van der Waals surface area contributed by atoms with Crippen molar-refractivity contribution in [2.24, 2.45) is 5.92 Å². The molecule has 2 aromatic heterocycles. The molecule has 1 N–H and O–H groups in total. The predicted molar refractivity (Wildman–Crippen MR) is 74.4 cm³/mol. The summed E-state index contributed by atoms with van der Waals surface area (Å²) in [6.45, 7) is 3.01. The second-order valence-corrected chi connectivity index (χ2v) is 5.92. The van der Waals surface area contributed by atoms with E-state index in [0.29, 0.717) is 5.92 Å². The van der Waals surface area contributed by atoms with Crippen LogP contribution in [0.1, 0.15) is 18.5 Å². The fourth-order valence-electron chi connectivity index (χ4n) is 2.67. The lowest BCUT2D eigenvalue weighted by Crippen LogP contribution is -2.23. The zero-order chi connectivity index (χ0) is 13.2. The SMILES string of the molecule is O=c1cc(CN2CCC(CCO)C2)nc2sccn12. The van der Waals surface area contributed by atoms with Gasteiger partial charge in [-0.25, -0.2) is 4.98 Å². The minimum absolute atomic E-state index is 0.00708. The maximum atomic E-state index is 11.9. The molecule has 1 aliphatic heterocycles. The fourth-order valence-corrected chi connectivity index (χ4v) is 3.41. The number of thiazole rings is 1. The van der Waals surface area contributed by atoms with Crippen LogP contribution in [0.4, 0.5) is 0 Å². The molecular formula is C13H17N3O2S. The number of fused-ring (bicyclic) bond motifs is 1. The molecule has 5 nitrogen and oxygen atoms in total. The van der Waals surface area contributed by atoms with Gasteiger partial charge in [0.15, 0.2) is 4.96 Å². The van der Waals surface area contributed by atoms with Crippen molar-refractivity contribution < 1.29 is 5.11 Å². The van der Waals surface area contributed by atoms with Crippen molar-refractivity contribution in [2.45, 2.75) is 19.4 Å². The second kappa shape index (κ2) is 5.40. The van der Waals surface area contributed by atoms with E-state index in [1.54, 1.807) is 16.7 Å². The van der Waals surface area contributed by atoms with Gasteiger partial charge in [-0.15, -0.1) is 11.3 Å². The molecule has 1 saturated heterocycles. The molecule has 1 aliphatic rings. The van der Waals surface area contributed by atoms with Crippen molar-refractivity contribution in [1.82, 2.24) is 14.3 Å². The minimum atomic E-state index is -0.00708. The summed E-state index contributed by atoms with van der Waals surface area (Å²) >= 11 is 1.48. The maximum absolute atomic E-state index is 11.9. The van der Waals surface area contributed by atoms with Gasteiger partial charge in [-0.05, 0) is 25.3 Å². The van der Waals surface area contributed by atoms with Crippen molar-refractivity contribution in [1.29, 1.82) is 0 Å². The second-order valence-electron chi connectivity index (χ2n) is 5.04. The van der Waals surface area contributed by atoms with Crippen LogP contribution < -0.4 is 5.56 Å².